The van der Waals surface area contributed by atoms with Gasteiger partial charge in [-0.15, -0.1) is 11.3 Å². The molecule has 1 fully saturated rings. The van der Waals surface area contributed by atoms with Crippen LogP contribution in [0.2, 0.25) is 0 Å². The van der Waals surface area contributed by atoms with Crippen molar-refractivity contribution in [3.8, 4) is 0 Å². The van der Waals surface area contributed by atoms with Crippen LogP contribution < -0.4 is 21.3 Å². The number of nitrogen functional groups attached to an aromatic ring is 1. The van der Waals surface area contributed by atoms with Crippen LogP contribution in [-0.2, 0) is 12.8 Å². The molecule has 0 saturated carbocycles. The first-order valence-corrected chi connectivity index (χ1v) is 11.7. The SMILES string of the molecule is Cc1ccc2c(N)c(C(=O)N[C@H]3CCc4cc(N5CCNCC5)c(F)c(F)c4C3)sc2n1. The Hall–Kier alpha value is -2.78. The third-order valence-electron chi connectivity index (χ3n) is 6.33. The molecule has 2 aliphatic rings. The minimum Gasteiger partial charge on any atom is -0.397 e. The van der Waals surface area contributed by atoms with Gasteiger partial charge in [0, 0.05) is 43.3 Å². The maximum Gasteiger partial charge on any atom is 0.263 e. The lowest BCUT2D eigenvalue weighted by Gasteiger charge is -2.32. The van der Waals surface area contributed by atoms with Gasteiger partial charge in [0.05, 0.1) is 11.4 Å². The van der Waals surface area contributed by atoms with Crippen molar-refractivity contribution in [3.05, 3.63) is 51.5 Å². The van der Waals surface area contributed by atoms with Gasteiger partial charge in [-0.1, -0.05) is 0 Å². The average molecular weight is 458 g/mol. The first-order chi connectivity index (χ1) is 15.4. The molecule has 2 aromatic heterocycles. The zero-order valence-corrected chi connectivity index (χ0v) is 18.6. The molecule has 1 aromatic carbocycles. The summed E-state index contributed by atoms with van der Waals surface area (Å²) >= 11 is 1.25. The number of aryl methyl sites for hydroxylation is 2. The number of amides is 1. The van der Waals surface area contributed by atoms with Gasteiger partial charge in [0.25, 0.3) is 5.91 Å². The van der Waals surface area contributed by atoms with Gasteiger partial charge in [0.2, 0.25) is 0 Å². The van der Waals surface area contributed by atoms with Crippen molar-refractivity contribution in [2.75, 3.05) is 36.8 Å². The number of piperazine rings is 1. The monoisotopic (exact) mass is 457 g/mol. The topological polar surface area (TPSA) is 83.3 Å². The summed E-state index contributed by atoms with van der Waals surface area (Å²) in [5.74, 6) is -1.89. The highest BCUT2D eigenvalue weighted by atomic mass is 32.1. The molecule has 1 atom stereocenters. The smallest absolute Gasteiger partial charge is 0.263 e. The number of halogens is 2. The fourth-order valence-corrected chi connectivity index (χ4v) is 5.63. The maximum absolute atomic E-state index is 15.0. The molecule has 0 bridgehead atoms. The van der Waals surface area contributed by atoms with E-state index in [4.69, 9.17) is 5.73 Å². The molecule has 5 rings (SSSR count). The minimum absolute atomic E-state index is 0.258. The zero-order valence-electron chi connectivity index (χ0n) is 17.8. The largest absolute Gasteiger partial charge is 0.397 e. The van der Waals surface area contributed by atoms with Crippen LogP contribution in [0.5, 0.6) is 0 Å². The van der Waals surface area contributed by atoms with E-state index in [2.05, 4.69) is 15.6 Å². The molecule has 4 N–H and O–H groups in total. The third kappa shape index (κ3) is 3.69. The van der Waals surface area contributed by atoms with Crippen molar-refractivity contribution >= 4 is 38.8 Å². The maximum atomic E-state index is 15.0. The van der Waals surface area contributed by atoms with E-state index in [-0.39, 0.29) is 18.4 Å². The van der Waals surface area contributed by atoms with Crippen molar-refractivity contribution in [2.24, 2.45) is 0 Å². The van der Waals surface area contributed by atoms with Crippen LogP contribution in [0, 0.1) is 18.6 Å². The van der Waals surface area contributed by atoms with E-state index in [0.717, 1.165) is 34.6 Å². The number of hydrogen-bond acceptors (Lipinski definition) is 6. The van der Waals surface area contributed by atoms with Gasteiger partial charge in [-0.3, -0.25) is 4.79 Å². The summed E-state index contributed by atoms with van der Waals surface area (Å²) in [5, 5.41) is 6.95. The molecule has 0 spiro atoms. The van der Waals surface area contributed by atoms with Gasteiger partial charge in [-0.05, 0) is 55.5 Å². The summed E-state index contributed by atoms with van der Waals surface area (Å²) in [4.78, 5) is 20.4. The lowest BCUT2D eigenvalue weighted by atomic mass is 9.87. The number of nitrogens with one attached hydrogen (secondary N) is 2. The van der Waals surface area contributed by atoms with Crippen LogP contribution in [0.1, 0.15) is 32.9 Å². The van der Waals surface area contributed by atoms with Crippen LogP contribution >= 0.6 is 11.3 Å². The molecule has 1 aliphatic carbocycles. The zero-order chi connectivity index (χ0) is 22.4. The van der Waals surface area contributed by atoms with Crippen LogP contribution in [0.15, 0.2) is 18.2 Å². The Labute approximate surface area is 188 Å². The summed E-state index contributed by atoms with van der Waals surface area (Å²) in [6.45, 7) is 4.69. The summed E-state index contributed by atoms with van der Waals surface area (Å²) in [5.41, 5.74) is 8.98. The fourth-order valence-electron chi connectivity index (χ4n) is 4.59. The van der Waals surface area contributed by atoms with E-state index in [1.807, 2.05) is 24.0 Å². The molecular weight excluding hydrogens is 432 g/mol. The van der Waals surface area contributed by atoms with Crippen molar-refractivity contribution in [3.63, 3.8) is 0 Å². The van der Waals surface area contributed by atoms with E-state index in [9.17, 15) is 9.18 Å². The molecule has 3 aromatic rings. The van der Waals surface area contributed by atoms with Crippen LogP contribution in [0.3, 0.4) is 0 Å². The quantitative estimate of drug-likeness (QED) is 0.563. The van der Waals surface area contributed by atoms with Crippen molar-refractivity contribution in [1.82, 2.24) is 15.6 Å². The predicted octanol–water partition coefficient (Wildman–Crippen LogP) is 3.16. The number of fused-ring (bicyclic) bond motifs is 2. The number of hydrogen-bond donors (Lipinski definition) is 3. The number of rotatable bonds is 3. The highest BCUT2D eigenvalue weighted by Crippen LogP contribution is 2.34. The van der Waals surface area contributed by atoms with Crippen LogP contribution in [-0.4, -0.2) is 43.1 Å². The van der Waals surface area contributed by atoms with Gasteiger partial charge >= 0.3 is 0 Å². The molecule has 6 nitrogen and oxygen atoms in total. The lowest BCUT2D eigenvalue weighted by Crippen LogP contribution is -2.44. The molecular formula is C23H25F2N5OS. The van der Waals surface area contributed by atoms with Gasteiger partial charge in [-0.25, -0.2) is 13.8 Å². The van der Waals surface area contributed by atoms with Crippen molar-refractivity contribution in [1.29, 1.82) is 0 Å². The Balaban J connectivity index is 1.36. The van der Waals surface area contributed by atoms with Gasteiger partial charge in [-0.2, -0.15) is 0 Å². The van der Waals surface area contributed by atoms with E-state index in [1.54, 1.807) is 6.07 Å². The number of pyridine rings is 1. The molecule has 3 heterocycles. The third-order valence-corrected chi connectivity index (χ3v) is 7.44. The standard InChI is InChI=1S/C23H25F2N5OS/c1-12-2-5-15-20(26)21(32-23(15)28-12)22(31)29-14-4-3-13-10-17(30-8-6-27-7-9-30)19(25)18(24)16(13)11-14/h2,5,10,14,27H,3-4,6-9,11,26H2,1H3,(H,29,31)/t14-/m0/s1. The molecule has 0 radical (unpaired) electrons. The molecule has 1 saturated heterocycles. The fraction of sp³-hybridized carbons (Fsp3) is 0.391. The number of nitrogens with two attached hydrogens (primary N) is 1. The number of benzene rings is 1. The summed E-state index contributed by atoms with van der Waals surface area (Å²) in [6.07, 6.45) is 1.50. The first-order valence-electron chi connectivity index (χ1n) is 10.8. The molecule has 1 aliphatic heterocycles. The number of carbonyl (C=O) groups excluding carboxylic acids is 1. The Morgan fingerprint density at radius 1 is 1.28 bits per heavy atom. The second-order valence-electron chi connectivity index (χ2n) is 8.46. The number of anilines is 2. The Bertz CT molecular complexity index is 1210. The number of aromatic nitrogens is 1. The number of carbonyl (C=O) groups is 1. The lowest BCUT2D eigenvalue weighted by molar-refractivity contribution is 0.0938. The average Bonchev–Trinajstić information content (AvgIpc) is 3.12. The highest BCUT2D eigenvalue weighted by Gasteiger charge is 2.29. The van der Waals surface area contributed by atoms with Crippen LogP contribution in [0.25, 0.3) is 10.2 Å². The molecule has 1 amide bonds. The summed E-state index contributed by atoms with van der Waals surface area (Å²) in [7, 11) is 0. The van der Waals surface area contributed by atoms with E-state index >= 15 is 4.39 Å². The summed E-state index contributed by atoms with van der Waals surface area (Å²) < 4.78 is 29.9. The van der Waals surface area contributed by atoms with E-state index in [0.29, 0.717) is 47.7 Å². The molecule has 168 valence electrons. The molecule has 0 unspecified atom stereocenters. The second-order valence-corrected chi connectivity index (χ2v) is 9.46. The normalized spacial score (nSPS) is 18.6. The Morgan fingerprint density at radius 3 is 2.84 bits per heavy atom. The highest BCUT2D eigenvalue weighted by molar-refractivity contribution is 7.21. The Kier molecular flexibility index (Phi) is 5.46. The molecule has 9 heteroatoms. The van der Waals surface area contributed by atoms with E-state index < -0.39 is 11.6 Å². The number of thiophene rings is 1. The van der Waals surface area contributed by atoms with Gasteiger partial charge in [0.15, 0.2) is 11.6 Å². The number of nitrogens with zero attached hydrogens (tertiary/aromatic N) is 2. The predicted molar refractivity (Wildman–Crippen MR) is 123 cm³/mol. The van der Waals surface area contributed by atoms with Crippen LogP contribution in [0.4, 0.5) is 20.2 Å². The van der Waals surface area contributed by atoms with Gasteiger partial charge < -0.3 is 21.3 Å². The second kappa shape index (κ2) is 8.29. The van der Waals surface area contributed by atoms with Crippen molar-refractivity contribution < 1.29 is 13.6 Å². The minimum atomic E-state index is -0.798. The Morgan fingerprint density at radius 2 is 2.06 bits per heavy atom. The summed E-state index contributed by atoms with van der Waals surface area (Å²) in [6, 6.07) is 5.23. The van der Waals surface area contributed by atoms with Gasteiger partial charge in [0.1, 0.15) is 9.71 Å². The van der Waals surface area contributed by atoms with Crippen molar-refractivity contribution in [2.45, 2.75) is 32.2 Å². The molecule has 32 heavy (non-hydrogen) atoms. The van der Waals surface area contributed by atoms with E-state index in [1.165, 1.54) is 11.3 Å². The first kappa shape index (κ1) is 21.1.